The predicted molar refractivity (Wildman–Crippen MR) is 76.6 cm³/mol. The minimum atomic E-state index is -0.867. The molecule has 0 unspecified atom stereocenters. The monoisotopic (exact) mass is 260 g/mol. The molecule has 0 amide bonds. The third-order valence-electron chi connectivity index (χ3n) is 3.38. The topological polar surface area (TPSA) is 68.2 Å². The Bertz CT molecular complexity index is 587. The van der Waals surface area contributed by atoms with Crippen LogP contribution in [0.5, 0.6) is 0 Å². The van der Waals surface area contributed by atoms with Gasteiger partial charge in [0.15, 0.2) is 0 Å². The highest BCUT2D eigenvalue weighted by atomic mass is 16.4. The van der Waals surface area contributed by atoms with E-state index in [9.17, 15) is 9.90 Å². The molecule has 0 atom stereocenters. The lowest BCUT2D eigenvalue weighted by Gasteiger charge is -2.03. The van der Waals surface area contributed by atoms with Gasteiger partial charge in [-0.25, -0.2) is 4.79 Å². The predicted octanol–water partition coefficient (Wildman–Crippen LogP) is 2.64. The summed E-state index contributed by atoms with van der Waals surface area (Å²) in [6, 6.07) is 5.43. The summed E-state index contributed by atoms with van der Waals surface area (Å²) < 4.78 is 2.06. The molecule has 102 valence electrons. The van der Waals surface area contributed by atoms with Crippen molar-refractivity contribution in [3.05, 3.63) is 35.5 Å². The summed E-state index contributed by atoms with van der Waals surface area (Å²) in [5, 5.41) is 10.2. The van der Waals surface area contributed by atoms with Gasteiger partial charge in [0.25, 0.3) is 0 Å². The lowest BCUT2D eigenvalue weighted by molar-refractivity contribution is 0.0699. The van der Waals surface area contributed by atoms with E-state index in [1.54, 1.807) is 12.1 Å². The summed E-state index contributed by atoms with van der Waals surface area (Å²) in [6.07, 6.45) is 5.13. The van der Waals surface area contributed by atoms with Crippen LogP contribution in [0.25, 0.3) is 10.9 Å². The quantitative estimate of drug-likeness (QED) is 0.839. The number of nitrogens with two attached hydrogens (primary N) is 1. The van der Waals surface area contributed by atoms with Crippen LogP contribution in [-0.2, 0) is 13.0 Å². The largest absolute Gasteiger partial charge is 0.478 e. The second-order valence-electron chi connectivity index (χ2n) is 4.74. The summed E-state index contributed by atoms with van der Waals surface area (Å²) in [5.74, 6) is -0.867. The highest BCUT2D eigenvalue weighted by molar-refractivity contribution is 6.04. The summed E-state index contributed by atoms with van der Waals surface area (Å²) in [7, 11) is 0. The van der Waals surface area contributed by atoms with Crippen molar-refractivity contribution in [1.29, 1.82) is 0 Å². The first-order valence-corrected chi connectivity index (χ1v) is 6.73. The van der Waals surface area contributed by atoms with Crippen LogP contribution in [0.1, 0.15) is 35.7 Å². The SMILES string of the molecule is CCCCc1cn(CCN)c2cccc(C(=O)O)c12. The Morgan fingerprint density at radius 3 is 2.84 bits per heavy atom. The van der Waals surface area contributed by atoms with Crippen molar-refractivity contribution >= 4 is 16.9 Å². The molecule has 3 N–H and O–H groups in total. The van der Waals surface area contributed by atoms with Gasteiger partial charge in [-0.2, -0.15) is 0 Å². The van der Waals surface area contributed by atoms with Gasteiger partial charge in [0.05, 0.1) is 5.56 Å². The third-order valence-corrected chi connectivity index (χ3v) is 3.38. The lowest BCUT2D eigenvalue weighted by Crippen LogP contribution is -2.08. The Balaban J connectivity index is 2.61. The first-order valence-electron chi connectivity index (χ1n) is 6.73. The van der Waals surface area contributed by atoms with E-state index in [1.807, 2.05) is 6.07 Å². The Hall–Kier alpha value is -1.81. The first kappa shape index (κ1) is 13.6. The molecule has 0 fully saturated rings. The van der Waals surface area contributed by atoms with Gasteiger partial charge in [-0.05, 0) is 30.5 Å². The molecule has 2 aromatic rings. The highest BCUT2D eigenvalue weighted by Crippen LogP contribution is 2.26. The Labute approximate surface area is 112 Å². The molecule has 4 nitrogen and oxygen atoms in total. The fraction of sp³-hybridized carbons (Fsp3) is 0.400. The van der Waals surface area contributed by atoms with E-state index in [0.29, 0.717) is 18.7 Å². The van der Waals surface area contributed by atoms with Gasteiger partial charge in [0.2, 0.25) is 0 Å². The zero-order valence-corrected chi connectivity index (χ0v) is 11.2. The van der Waals surface area contributed by atoms with Gasteiger partial charge in [-0.3, -0.25) is 0 Å². The van der Waals surface area contributed by atoms with Crippen LogP contribution >= 0.6 is 0 Å². The zero-order valence-electron chi connectivity index (χ0n) is 11.2. The normalized spacial score (nSPS) is 11.1. The molecule has 1 heterocycles. The summed E-state index contributed by atoms with van der Waals surface area (Å²) in [4.78, 5) is 11.4. The number of fused-ring (bicyclic) bond motifs is 1. The van der Waals surface area contributed by atoms with Crippen LogP contribution in [0, 0.1) is 0 Å². The minimum absolute atomic E-state index is 0.388. The molecule has 0 bridgehead atoms. The molecule has 4 heteroatoms. The van der Waals surface area contributed by atoms with Crippen LogP contribution in [-0.4, -0.2) is 22.2 Å². The number of carboxylic acids is 1. The number of nitrogens with zero attached hydrogens (tertiary/aromatic N) is 1. The Morgan fingerprint density at radius 1 is 1.42 bits per heavy atom. The van der Waals surface area contributed by atoms with Gasteiger partial charge in [0.1, 0.15) is 0 Å². The second kappa shape index (κ2) is 5.89. The van der Waals surface area contributed by atoms with Gasteiger partial charge in [-0.1, -0.05) is 19.4 Å². The fourth-order valence-electron chi connectivity index (χ4n) is 2.50. The summed E-state index contributed by atoms with van der Waals surface area (Å²) in [5.41, 5.74) is 8.09. The number of aryl methyl sites for hydroxylation is 1. The van der Waals surface area contributed by atoms with Gasteiger partial charge in [0, 0.05) is 30.2 Å². The van der Waals surface area contributed by atoms with Crippen molar-refractivity contribution in [1.82, 2.24) is 4.57 Å². The number of carboxylic acid groups (broad SMARTS) is 1. The first-order chi connectivity index (χ1) is 9.19. The Morgan fingerprint density at radius 2 is 2.21 bits per heavy atom. The summed E-state index contributed by atoms with van der Waals surface area (Å²) in [6.45, 7) is 3.40. The van der Waals surface area contributed by atoms with Crippen molar-refractivity contribution in [3.63, 3.8) is 0 Å². The molecule has 2 rings (SSSR count). The van der Waals surface area contributed by atoms with Crippen molar-refractivity contribution in [2.24, 2.45) is 5.73 Å². The zero-order chi connectivity index (χ0) is 13.8. The molecule has 0 aliphatic heterocycles. The van der Waals surface area contributed by atoms with E-state index in [1.165, 1.54) is 0 Å². The van der Waals surface area contributed by atoms with Gasteiger partial charge >= 0.3 is 5.97 Å². The number of rotatable bonds is 6. The lowest BCUT2D eigenvalue weighted by atomic mass is 10.0. The van der Waals surface area contributed by atoms with Gasteiger partial charge < -0.3 is 15.4 Å². The van der Waals surface area contributed by atoms with Crippen LogP contribution in [0.3, 0.4) is 0 Å². The smallest absolute Gasteiger partial charge is 0.336 e. The maximum absolute atomic E-state index is 11.4. The molecule has 0 spiro atoms. The number of benzene rings is 1. The van der Waals surface area contributed by atoms with Crippen molar-refractivity contribution in [3.8, 4) is 0 Å². The van der Waals surface area contributed by atoms with E-state index >= 15 is 0 Å². The van der Waals surface area contributed by atoms with Crippen molar-refractivity contribution < 1.29 is 9.90 Å². The van der Waals surface area contributed by atoms with E-state index < -0.39 is 5.97 Å². The number of aromatic carboxylic acids is 1. The fourth-order valence-corrected chi connectivity index (χ4v) is 2.50. The summed E-state index contributed by atoms with van der Waals surface area (Å²) >= 11 is 0. The number of aromatic nitrogens is 1. The van der Waals surface area contributed by atoms with E-state index in [0.717, 1.165) is 35.7 Å². The molecule has 0 radical (unpaired) electrons. The second-order valence-corrected chi connectivity index (χ2v) is 4.74. The number of unbranched alkanes of at least 4 members (excludes halogenated alkanes) is 1. The molecule has 1 aromatic carbocycles. The molecule has 0 saturated carbocycles. The standard InChI is InChI=1S/C15H20N2O2/c1-2-3-5-11-10-17(9-8-16)13-7-4-6-12(14(11)13)15(18)19/h4,6-7,10H,2-3,5,8-9,16H2,1H3,(H,18,19). The van der Waals surface area contributed by atoms with E-state index in [2.05, 4.69) is 17.7 Å². The number of hydrogen-bond acceptors (Lipinski definition) is 2. The van der Waals surface area contributed by atoms with E-state index in [4.69, 9.17) is 5.73 Å². The molecular weight excluding hydrogens is 240 g/mol. The van der Waals surface area contributed by atoms with Crippen LogP contribution in [0.15, 0.2) is 24.4 Å². The Kier molecular flexibility index (Phi) is 4.22. The molecule has 19 heavy (non-hydrogen) atoms. The highest BCUT2D eigenvalue weighted by Gasteiger charge is 2.15. The maximum Gasteiger partial charge on any atom is 0.336 e. The maximum atomic E-state index is 11.4. The molecule has 0 saturated heterocycles. The van der Waals surface area contributed by atoms with Crippen LogP contribution in [0.2, 0.25) is 0 Å². The number of carbonyl (C=O) groups is 1. The number of hydrogen-bond donors (Lipinski definition) is 2. The van der Waals surface area contributed by atoms with Crippen LogP contribution in [0.4, 0.5) is 0 Å². The third kappa shape index (κ3) is 2.63. The minimum Gasteiger partial charge on any atom is -0.478 e. The molecule has 0 aliphatic rings. The molecule has 0 aliphatic carbocycles. The van der Waals surface area contributed by atoms with E-state index in [-0.39, 0.29) is 0 Å². The van der Waals surface area contributed by atoms with Crippen LogP contribution < -0.4 is 5.73 Å². The molecule has 1 aromatic heterocycles. The average Bonchev–Trinajstić information content (AvgIpc) is 2.75. The van der Waals surface area contributed by atoms with Crippen molar-refractivity contribution in [2.45, 2.75) is 32.7 Å². The van der Waals surface area contributed by atoms with Crippen molar-refractivity contribution in [2.75, 3.05) is 6.54 Å². The van der Waals surface area contributed by atoms with Gasteiger partial charge in [-0.15, -0.1) is 0 Å². The average molecular weight is 260 g/mol. The molecular formula is C15H20N2O2.